The summed E-state index contributed by atoms with van der Waals surface area (Å²) in [6, 6.07) is 8.17. The van der Waals surface area contributed by atoms with E-state index in [1.54, 1.807) is 4.90 Å². The van der Waals surface area contributed by atoms with Crippen molar-refractivity contribution in [2.24, 2.45) is 0 Å². The molecule has 0 N–H and O–H groups in total. The lowest BCUT2D eigenvalue weighted by Gasteiger charge is -2.19. The maximum Gasteiger partial charge on any atom is 0.320 e. The number of rotatable bonds is 2. The van der Waals surface area contributed by atoms with Gasteiger partial charge in [0.05, 0.1) is 6.04 Å². The Bertz CT molecular complexity index is 416. The molecule has 1 aromatic carbocycles. The van der Waals surface area contributed by atoms with Crippen molar-refractivity contribution in [2.75, 3.05) is 13.6 Å². The fraction of sp³-hybridized carbons (Fsp3) is 0.462. The van der Waals surface area contributed by atoms with Crippen molar-refractivity contribution in [3.63, 3.8) is 0 Å². The number of hydrogen-bond acceptors (Lipinski definition) is 1. The molecule has 2 rings (SSSR count). The predicted octanol–water partition coefficient (Wildman–Crippen LogP) is 3.16. The molecule has 1 saturated heterocycles. The van der Waals surface area contributed by atoms with Gasteiger partial charge in [0.15, 0.2) is 0 Å². The van der Waals surface area contributed by atoms with E-state index in [1.165, 1.54) is 0 Å². The third kappa shape index (κ3) is 2.25. The first-order valence-electron chi connectivity index (χ1n) is 5.79. The van der Waals surface area contributed by atoms with Gasteiger partial charge in [0, 0.05) is 24.7 Å². The molecule has 2 amide bonds. The Morgan fingerprint density at radius 3 is 2.35 bits per heavy atom. The molecule has 17 heavy (non-hydrogen) atoms. The number of halogens is 1. The van der Waals surface area contributed by atoms with Crippen LogP contribution in [0.4, 0.5) is 4.79 Å². The van der Waals surface area contributed by atoms with Crippen LogP contribution in [0.1, 0.15) is 25.5 Å². The highest BCUT2D eigenvalue weighted by atomic mass is 35.5. The molecule has 1 aliphatic rings. The van der Waals surface area contributed by atoms with Crippen LogP contribution in [-0.2, 0) is 0 Å². The third-order valence-electron chi connectivity index (χ3n) is 3.26. The summed E-state index contributed by atoms with van der Waals surface area (Å²) in [6.45, 7) is 4.82. The molecule has 0 bridgehead atoms. The van der Waals surface area contributed by atoms with Crippen LogP contribution in [0.3, 0.4) is 0 Å². The number of carbonyl (C=O) groups is 1. The smallest absolute Gasteiger partial charge is 0.320 e. The summed E-state index contributed by atoms with van der Waals surface area (Å²) in [4.78, 5) is 15.7. The van der Waals surface area contributed by atoms with Gasteiger partial charge in [-0.3, -0.25) is 0 Å². The van der Waals surface area contributed by atoms with Gasteiger partial charge in [-0.1, -0.05) is 23.7 Å². The standard InChI is InChI=1S/C13H17ClN2O/c1-9(2)16-8-12(15(3)13(16)17)10-4-6-11(14)7-5-10/h4-7,9,12H,8H2,1-3H3. The summed E-state index contributed by atoms with van der Waals surface area (Å²) in [6.07, 6.45) is 0. The lowest BCUT2D eigenvalue weighted by Crippen LogP contribution is -2.34. The molecule has 0 saturated carbocycles. The molecule has 1 heterocycles. The Morgan fingerprint density at radius 2 is 1.88 bits per heavy atom. The van der Waals surface area contributed by atoms with Crippen molar-refractivity contribution in [1.82, 2.24) is 9.80 Å². The number of hydrogen-bond donors (Lipinski definition) is 0. The van der Waals surface area contributed by atoms with Crippen LogP contribution in [0.15, 0.2) is 24.3 Å². The van der Waals surface area contributed by atoms with Gasteiger partial charge < -0.3 is 9.80 Å². The van der Waals surface area contributed by atoms with Crippen molar-refractivity contribution in [2.45, 2.75) is 25.9 Å². The summed E-state index contributed by atoms with van der Waals surface area (Å²) in [7, 11) is 1.85. The molecule has 1 fully saturated rings. The van der Waals surface area contributed by atoms with E-state index in [0.717, 1.165) is 17.1 Å². The molecule has 3 nitrogen and oxygen atoms in total. The van der Waals surface area contributed by atoms with Gasteiger partial charge in [0.1, 0.15) is 0 Å². The number of carbonyl (C=O) groups excluding carboxylic acids is 1. The van der Waals surface area contributed by atoms with Crippen LogP contribution in [0.2, 0.25) is 5.02 Å². The van der Waals surface area contributed by atoms with Crippen molar-refractivity contribution >= 4 is 17.6 Å². The molecule has 92 valence electrons. The average Bonchev–Trinajstić information content (AvgIpc) is 2.58. The van der Waals surface area contributed by atoms with E-state index in [2.05, 4.69) is 0 Å². The zero-order chi connectivity index (χ0) is 12.6. The predicted molar refractivity (Wildman–Crippen MR) is 69.2 cm³/mol. The van der Waals surface area contributed by atoms with E-state index >= 15 is 0 Å². The van der Waals surface area contributed by atoms with Gasteiger partial charge in [-0.2, -0.15) is 0 Å². The Morgan fingerprint density at radius 1 is 1.29 bits per heavy atom. The zero-order valence-corrected chi connectivity index (χ0v) is 11.1. The molecule has 0 aromatic heterocycles. The normalized spacial score (nSPS) is 20.5. The van der Waals surface area contributed by atoms with Crippen LogP contribution in [-0.4, -0.2) is 35.5 Å². The first-order chi connectivity index (χ1) is 8.00. The minimum atomic E-state index is 0.0972. The fourth-order valence-electron chi connectivity index (χ4n) is 2.17. The summed E-state index contributed by atoms with van der Waals surface area (Å²) in [5.41, 5.74) is 1.13. The van der Waals surface area contributed by atoms with Gasteiger partial charge in [0.25, 0.3) is 0 Å². The van der Waals surface area contributed by atoms with Gasteiger partial charge in [-0.05, 0) is 31.5 Å². The summed E-state index contributed by atoms with van der Waals surface area (Å²) < 4.78 is 0. The van der Waals surface area contributed by atoms with Crippen LogP contribution in [0, 0.1) is 0 Å². The molecular formula is C13H17ClN2O. The summed E-state index contributed by atoms with van der Waals surface area (Å²) in [5.74, 6) is 0. The maximum atomic E-state index is 12.0. The monoisotopic (exact) mass is 252 g/mol. The molecule has 1 aliphatic heterocycles. The fourth-order valence-corrected chi connectivity index (χ4v) is 2.29. The minimum Gasteiger partial charge on any atom is -0.320 e. The second kappa shape index (κ2) is 4.57. The van der Waals surface area contributed by atoms with E-state index in [4.69, 9.17) is 11.6 Å². The van der Waals surface area contributed by atoms with E-state index < -0.39 is 0 Å². The molecule has 4 heteroatoms. The number of urea groups is 1. The van der Waals surface area contributed by atoms with Gasteiger partial charge >= 0.3 is 6.03 Å². The highest BCUT2D eigenvalue weighted by molar-refractivity contribution is 6.30. The summed E-state index contributed by atoms with van der Waals surface area (Å²) >= 11 is 5.87. The van der Waals surface area contributed by atoms with Crippen molar-refractivity contribution in [1.29, 1.82) is 0 Å². The third-order valence-corrected chi connectivity index (χ3v) is 3.51. The van der Waals surface area contributed by atoms with Crippen molar-refractivity contribution < 1.29 is 4.79 Å². The maximum absolute atomic E-state index is 12.0. The minimum absolute atomic E-state index is 0.0972. The number of benzene rings is 1. The Kier molecular flexibility index (Phi) is 3.29. The van der Waals surface area contributed by atoms with Crippen molar-refractivity contribution in [3.05, 3.63) is 34.9 Å². The van der Waals surface area contributed by atoms with E-state index in [-0.39, 0.29) is 18.1 Å². The van der Waals surface area contributed by atoms with Crippen LogP contribution in [0.25, 0.3) is 0 Å². The second-order valence-corrected chi connectivity index (χ2v) is 5.14. The van der Waals surface area contributed by atoms with Crippen LogP contribution < -0.4 is 0 Å². The quantitative estimate of drug-likeness (QED) is 0.793. The molecule has 1 unspecified atom stereocenters. The molecular weight excluding hydrogens is 236 g/mol. The van der Waals surface area contributed by atoms with E-state index in [9.17, 15) is 4.79 Å². The molecule has 1 atom stereocenters. The van der Waals surface area contributed by atoms with Crippen molar-refractivity contribution in [3.8, 4) is 0 Å². The topological polar surface area (TPSA) is 23.6 Å². The number of nitrogens with zero attached hydrogens (tertiary/aromatic N) is 2. The highest BCUT2D eigenvalue weighted by Crippen LogP contribution is 2.29. The summed E-state index contributed by atoms with van der Waals surface area (Å²) in [5, 5.41) is 0.724. The Labute approximate surface area is 107 Å². The SMILES string of the molecule is CC(C)N1CC(c2ccc(Cl)cc2)N(C)C1=O. The Balaban J connectivity index is 2.23. The molecule has 0 spiro atoms. The second-order valence-electron chi connectivity index (χ2n) is 4.71. The average molecular weight is 253 g/mol. The molecule has 1 aromatic rings. The number of likely N-dealkylation sites (N-methyl/N-ethyl adjacent to an activating group) is 1. The van der Waals surface area contributed by atoms with Gasteiger partial charge in [0.2, 0.25) is 0 Å². The number of amides is 2. The van der Waals surface area contributed by atoms with Crippen LogP contribution in [0.5, 0.6) is 0 Å². The largest absolute Gasteiger partial charge is 0.320 e. The van der Waals surface area contributed by atoms with Gasteiger partial charge in [-0.15, -0.1) is 0 Å². The van der Waals surface area contributed by atoms with E-state index in [1.807, 2.05) is 50.1 Å². The lowest BCUT2D eigenvalue weighted by molar-refractivity contribution is 0.187. The highest BCUT2D eigenvalue weighted by Gasteiger charge is 2.36. The Hall–Kier alpha value is -1.22. The van der Waals surface area contributed by atoms with E-state index in [0.29, 0.717) is 0 Å². The lowest BCUT2D eigenvalue weighted by atomic mass is 10.1. The van der Waals surface area contributed by atoms with Crippen LogP contribution >= 0.6 is 11.6 Å². The first kappa shape index (κ1) is 12.2. The molecule has 0 radical (unpaired) electrons. The molecule has 0 aliphatic carbocycles. The zero-order valence-electron chi connectivity index (χ0n) is 10.4. The first-order valence-corrected chi connectivity index (χ1v) is 6.17. The van der Waals surface area contributed by atoms with Gasteiger partial charge in [-0.25, -0.2) is 4.79 Å².